The third kappa shape index (κ3) is 9.50. The maximum Gasteiger partial charge on any atom is 0.217 e. The molecular formula is C30H50N4O6S2. The second-order valence-electron chi connectivity index (χ2n) is 14.5. The van der Waals surface area contributed by atoms with Gasteiger partial charge in [-0.15, -0.1) is 0 Å². The first-order valence-corrected chi connectivity index (χ1v) is 18.1. The average molecular weight is 627 g/mol. The van der Waals surface area contributed by atoms with E-state index in [1.807, 2.05) is 0 Å². The normalized spacial score (nSPS) is 37.8. The fourth-order valence-electron chi connectivity index (χ4n) is 9.64. The van der Waals surface area contributed by atoms with Gasteiger partial charge in [0.2, 0.25) is 11.8 Å². The van der Waals surface area contributed by atoms with Crippen molar-refractivity contribution in [3.05, 3.63) is 0 Å². The predicted octanol–water partition coefficient (Wildman–Crippen LogP) is -0.729. The number of quaternary nitrogens is 2. The van der Waals surface area contributed by atoms with Crippen LogP contribution in [-0.4, -0.2) is 58.4 Å². The molecule has 0 aromatic rings. The minimum Gasteiger partial charge on any atom is -0.548 e. The lowest BCUT2D eigenvalue weighted by Gasteiger charge is -2.52. The second kappa shape index (κ2) is 14.1. The molecule has 0 spiro atoms. The Bertz CT molecular complexity index is 862. The molecule has 0 aromatic carbocycles. The highest BCUT2D eigenvalue weighted by Gasteiger charge is 2.52. The Morgan fingerprint density at radius 3 is 1.02 bits per heavy atom. The number of carbonyl (C=O) groups excluding carboxylic acids is 4. The van der Waals surface area contributed by atoms with Crippen LogP contribution in [0.15, 0.2) is 0 Å². The Morgan fingerprint density at radius 1 is 0.619 bits per heavy atom. The third-order valence-electron chi connectivity index (χ3n) is 10.2. The Balaban J connectivity index is 0.000000153. The molecule has 2 atom stereocenters. The monoisotopic (exact) mass is 626 g/mol. The van der Waals surface area contributed by atoms with Crippen molar-refractivity contribution in [2.75, 3.05) is 11.5 Å². The summed E-state index contributed by atoms with van der Waals surface area (Å²) in [7, 11) is 2.09. The molecule has 0 radical (unpaired) electrons. The highest BCUT2D eigenvalue weighted by Crippen LogP contribution is 2.54. The number of rotatable bonds is 9. The number of nitrogens with one attached hydrogen (secondary N) is 2. The molecule has 8 rings (SSSR count). The molecule has 0 aliphatic heterocycles. The van der Waals surface area contributed by atoms with Gasteiger partial charge in [-0.2, -0.15) is 0 Å². The first-order valence-electron chi connectivity index (χ1n) is 15.6. The smallest absolute Gasteiger partial charge is 0.217 e. The van der Waals surface area contributed by atoms with Crippen LogP contribution in [-0.2, 0) is 19.2 Å². The van der Waals surface area contributed by atoms with Crippen LogP contribution >= 0.6 is 21.6 Å². The van der Waals surface area contributed by atoms with E-state index in [9.17, 15) is 29.4 Å². The highest BCUT2D eigenvalue weighted by atomic mass is 33.1. The minimum atomic E-state index is -1.42. The van der Waals surface area contributed by atoms with E-state index in [4.69, 9.17) is 0 Å². The summed E-state index contributed by atoms with van der Waals surface area (Å²) in [5.41, 5.74) is 9.96. The van der Waals surface area contributed by atoms with Crippen molar-refractivity contribution in [1.82, 2.24) is 10.6 Å². The molecule has 238 valence electrons. The molecule has 10 nitrogen and oxygen atoms in total. The third-order valence-corrected chi connectivity index (χ3v) is 12.6. The van der Waals surface area contributed by atoms with E-state index in [0.717, 1.165) is 57.1 Å². The number of hydrogen-bond acceptors (Lipinski definition) is 8. The molecular weight excluding hydrogens is 576 g/mol. The Hall–Kier alpha value is -1.50. The van der Waals surface area contributed by atoms with E-state index in [-0.39, 0.29) is 11.5 Å². The van der Waals surface area contributed by atoms with Gasteiger partial charge in [0.1, 0.15) is 0 Å². The van der Waals surface area contributed by atoms with Gasteiger partial charge < -0.3 is 41.9 Å². The lowest BCUT2D eigenvalue weighted by atomic mass is 9.53. The van der Waals surface area contributed by atoms with E-state index in [0.29, 0.717) is 11.1 Å². The van der Waals surface area contributed by atoms with Crippen molar-refractivity contribution in [2.24, 2.45) is 35.5 Å². The number of amides is 2. The van der Waals surface area contributed by atoms with Gasteiger partial charge in [-0.25, -0.2) is 0 Å². The molecule has 8 saturated carbocycles. The Labute approximate surface area is 257 Å². The van der Waals surface area contributed by atoms with Gasteiger partial charge in [0.05, 0.1) is 35.1 Å². The van der Waals surface area contributed by atoms with Crippen molar-refractivity contribution >= 4 is 45.3 Å². The zero-order valence-electron chi connectivity index (χ0n) is 25.2. The van der Waals surface area contributed by atoms with Crippen molar-refractivity contribution in [3.8, 4) is 0 Å². The highest BCUT2D eigenvalue weighted by molar-refractivity contribution is 8.76. The fourth-order valence-corrected chi connectivity index (χ4v) is 11.9. The Kier molecular flexibility index (Phi) is 11.2. The van der Waals surface area contributed by atoms with Gasteiger partial charge in [0, 0.05) is 63.9 Å². The van der Waals surface area contributed by atoms with E-state index in [1.165, 1.54) is 52.4 Å². The van der Waals surface area contributed by atoms with Crippen LogP contribution in [0.1, 0.15) is 90.9 Å². The van der Waals surface area contributed by atoms with E-state index < -0.39 is 35.8 Å². The maximum absolute atomic E-state index is 10.8. The molecule has 12 heteroatoms. The van der Waals surface area contributed by atoms with Gasteiger partial charge in [-0.3, -0.25) is 9.59 Å². The fraction of sp³-hybridized carbons (Fsp3) is 0.867. The number of carboxylic acids is 2. The number of carboxylic acid groups (broad SMARTS) is 2. The van der Waals surface area contributed by atoms with Crippen LogP contribution in [0.25, 0.3) is 0 Å². The number of hydrogen-bond donors (Lipinski definition) is 4. The topological polar surface area (TPSA) is 194 Å². The van der Waals surface area contributed by atoms with Gasteiger partial charge in [-0.05, 0) is 74.0 Å². The molecule has 8 aliphatic rings. The zero-order chi connectivity index (χ0) is 30.7. The molecule has 0 unspecified atom stereocenters. The summed E-state index contributed by atoms with van der Waals surface area (Å²) in [5, 5.41) is 25.8. The van der Waals surface area contributed by atoms with E-state index >= 15 is 0 Å². The quantitative estimate of drug-likeness (QED) is 0.190. The van der Waals surface area contributed by atoms with Gasteiger partial charge in [0.15, 0.2) is 0 Å². The number of carbonyl (C=O) groups is 4. The summed E-state index contributed by atoms with van der Waals surface area (Å²) in [6.07, 6.45) is 18.0. The minimum absolute atomic E-state index is 0.00637. The molecule has 8 N–H and O–H groups in total. The molecule has 0 aromatic heterocycles. The summed E-state index contributed by atoms with van der Waals surface area (Å²) in [6.45, 7) is 2.35. The molecule has 8 aliphatic carbocycles. The van der Waals surface area contributed by atoms with Crippen molar-refractivity contribution in [2.45, 2.75) is 114 Å². The van der Waals surface area contributed by atoms with Crippen molar-refractivity contribution in [1.29, 1.82) is 0 Å². The Morgan fingerprint density at radius 2 is 0.857 bits per heavy atom. The van der Waals surface area contributed by atoms with Crippen LogP contribution in [0.5, 0.6) is 0 Å². The summed E-state index contributed by atoms with van der Waals surface area (Å²) >= 11 is 0. The lowest BCUT2D eigenvalue weighted by Crippen LogP contribution is -2.77. The first kappa shape index (κ1) is 33.4. The predicted molar refractivity (Wildman–Crippen MR) is 158 cm³/mol. The first-order chi connectivity index (χ1) is 19.7. The average Bonchev–Trinajstić information content (AvgIpc) is 2.82. The van der Waals surface area contributed by atoms with Crippen LogP contribution in [0.4, 0.5) is 0 Å². The second-order valence-corrected chi connectivity index (χ2v) is 17.1. The van der Waals surface area contributed by atoms with Crippen LogP contribution < -0.4 is 32.3 Å². The molecule has 0 saturated heterocycles. The summed E-state index contributed by atoms with van der Waals surface area (Å²) in [4.78, 5) is 42.9. The van der Waals surface area contributed by atoms with Gasteiger partial charge >= 0.3 is 0 Å². The largest absolute Gasteiger partial charge is 0.548 e. The van der Waals surface area contributed by atoms with Crippen molar-refractivity contribution in [3.63, 3.8) is 0 Å². The van der Waals surface area contributed by atoms with Crippen molar-refractivity contribution < 1.29 is 40.9 Å². The molecule has 2 amide bonds. The SMILES string of the molecule is CC(=O)N[C@@H](CSSC[C@H](NC(C)=O)C(=O)[O-])C(=O)[O-].[NH3+]C12CC3CC(CC(C3)C1)C2.[NH3+]C12CC3CC(CC(C3)C1)C2. The molecule has 42 heavy (non-hydrogen) atoms. The van der Waals surface area contributed by atoms with Crippen LogP contribution in [0, 0.1) is 35.5 Å². The standard InChI is InChI=1S/C10H16N2O6S2.2C10H17N/c1-5(13)11-7(9(15)16)3-19-20-4-8(10(17)18)12-6(2)14;2*11-10-4-7-1-8(5-10)3-9(2-7)6-10/h7-8H,3-4H2,1-2H3,(H,11,13)(H,12,14)(H,15,16)(H,17,18);2*7-9H,1-6,11H2/t7-,8-;;/m0../s1. The van der Waals surface area contributed by atoms with Gasteiger partial charge in [0.25, 0.3) is 0 Å². The molecule has 8 bridgehead atoms. The van der Waals surface area contributed by atoms with E-state index in [2.05, 4.69) is 22.1 Å². The zero-order valence-corrected chi connectivity index (χ0v) is 26.8. The van der Waals surface area contributed by atoms with Crippen LogP contribution in [0.2, 0.25) is 0 Å². The molecule has 8 fully saturated rings. The maximum atomic E-state index is 10.8. The summed E-state index contributed by atoms with van der Waals surface area (Å²) in [5.74, 6) is 2.65. The lowest BCUT2D eigenvalue weighted by molar-refractivity contribution is -0.505. The van der Waals surface area contributed by atoms with Crippen LogP contribution in [0.3, 0.4) is 0 Å². The molecule has 0 heterocycles. The number of aliphatic carboxylic acids is 2. The summed E-state index contributed by atoms with van der Waals surface area (Å²) < 4.78 is 0. The van der Waals surface area contributed by atoms with Gasteiger partial charge in [-0.1, -0.05) is 21.6 Å². The summed E-state index contributed by atoms with van der Waals surface area (Å²) in [6, 6.07) is -2.32. The van der Waals surface area contributed by atoms with E-state index in [1.54, 1.807) is 38.5 Å².